The largest absolute Gasteiger partial charge is 0.465 e. The molecule has 0 aliphatic carbocycles. The lowest BCUT2D eigenvalue weighted by Crippen LogP contribution is -2.18. The molecule has 0 saturated carbocycles. The van der Waals surface area contributed by atoms with Crippen LogP contribution in [0.1, 0.15) is 41.4 Å². The second kappa shape index (κ2) is 10.7. The van der Waals surface area contributed by atoms with Crippen LogP contribution in [0.2, 0.25) is 0 Å². The van der Waals surface area contributed by atoms with E-state index in [1.807, 2.05) is 0 Å². The number of hydrogen-bond donors (Lipinski definition) is 2. The SMILES string of the molecule is COC(=O)c1ccccc1NC(=O)c1cc(C(=O)Nc2ccccc2C(=O)OC)cc([N+](=O)[O-])c1. The third-order valence-electron chi connectivity index (χ3n) is 4.81. The predicted molar refractivity (Wildman–Crippen MR) is 125 cm³/mol. The molecule has 3 aromatic carbocycles. The quantitative estimate of drug-likeness (QED) is 0.297. The normalized spacial score (nSPS) is 10.1. The molecule has 2 amide bonds. The molecule has 11 heteroatoms. The van der Waals surface area contributed by atoms with Crippen molar-refractivity contribution >= 4 is 40.8 Å². The molecule has 0 radical (unpaired) electrons. The highest BCUT2D eigenvalue weighted by atomic mass is 16.6. The van der Waals surface area contributed by atoms with Crippen LogP contribution in [-0.2, 0) is 9.47 Å². The molecule has 0 spiro atoms. The summed E-state index contributed by atoms with van der Waals surface area (Å²) < 4.78 is 9.38. The van der Waals surface area contributed by atoms with Crippen LogP contribution in [-0.4, -0.2) is 42.9 Å². The highest BCUT2D eigenvalue weighted by Crippen LogP contribution is 2.23. The highest BCUT2D eigenvalue weighted by Gasteiger charge is 2.21. The maximum Gasteiger partial charge on any atom is 0.339 e. The molecule has 0 saturated heterocycles. The van der Waals surface area contributed by atoms with Crippen LogP contribution in [0.4, 0.5) is 17.1 Å². The van der Waals surface area contributed by atoms with Gasteiger partial charge in [0.25, 0.3) is 17.5 Å². The molecule has 0 bridgehead atoms. The van der Waals surface area contributed by atoms with Gasteiger partial charge in [-0.1, -0.05) is 24.3 Å². The van der Waals surface area contributed by atoms with Gasteiger partial charge in [-0.15, -0.1) is 0 Å². The van der Waals surface area contributed by atoms with Gasteiger partial charge in [0.2, 0.25) is 0 Å². The maximum absolute atomic E-state index is 12.9. The zero-order valence-electron chi connectivity index (χ0n) is 18.6. The number of nitrogens with one attached hydrogen (secondary N) is 2. The molecule has 35 heavy (non-hydrogen) atoms. The number of esters is 2. The summed E-state index contributed by atoms with van der Waals surface area (Å²) in [5.41, 5.74) is -0.527. The van der Waals surface area contributed by atoms with Crippen LogP contribution in [0.5, 0.6) is 0 Å². The molecule has 3 rings (SSSR count). The van der Waals surface area contributed by atoms with Gasteiger partial charge in [-0.25, -0.2) is 9.59 Å². The van der Waals surface area contributed by atoms with E-state index in [0.29, 0.717) is 0 Å². The Morgan fingerprint density at radius 1 is 0.714 bits per heavy atom. The van der Waals surface area contributed by atoms with E-state index in [2.05, 4.69) is 10.6 Å². The minimum absolute atomic E-state index is 0.0752. The van der Waals surface area contributed by atoms with Gasteiger partial charge in [0.05, 0.1) is 41.6 Å². The van der Waals surface area contributed by atoms with Gasteiger partial charge in [0, 0.05) is 23.3 Å². The Labute approximate surface area is 198 Å². The maximum atomic E-state index is 12.9. The summed E-state index contributed by atoms with van der Waals surface area (Å²) in [6.07, 6.45) is 0. The van der Waals surface area contributed by atoms with Crippen molar-refractivity contribution in [2.45, 2.75) is 0 Å². The molecule has 2 N–H and O–H groups in total. The lowest BCUT2D eigenvalue weighted by atomic mass is 10.1. The predicted octanol–water partition coefficient (Wildman–Crippen LogP) is 3.67. The molecule has 11 nitrogen and oxygen atoms in total. The third kappa shape index (κ3) is 5.66. The number of rotatable bonds is 7. The number of nitro benzene ring substituents is 1. The van der Waals surface area contributed by atoms with Crippen LogP contribution in [0.15, 0.2) is 66.7 Å². The van der Waals surface area contributed by atoms with Crippen molar-refractivity contribution in [2.75, 3.05) is 24.9 Å². The number of ether oxygens (including phenoxy) is 2. The van der Waals surface area contributed by atoms with E-state index in [1.54, 1.807) is 24.3 Å². The minimum Gasteiger partial charge on any atom is -0.465 e. The molecular weight excluding hydrogens is 458 g/mol. The summed E-state index contributed by atoms with van der Waals surface area (Å²) in [6.45, 7) is 0. The van der Waals surface area contributed by atoms with E-state index in [1.165, 1.54) is 38.5 Å². The van der Waals surface area contributed by atoms with Gasteiger partial charge in [-0.05, 0) is 30.3 Å². The number of para-hydroxylation sites is 2. The number of benzene rings is 3. The first kappa shape index (κ1) is 24.6. The Kier molecular flexibility index (Phi) is 7.52. The van der Waals surface area contributed by atoms with E-state index < -0.39 is 34.4 Å². The van der Waals surface area contributed by atoms with E-state index in [9.17, 15) is 29.3 Å². The first-order chi connectivity index (χ1) is 16.7. The highest BCUT2D eigenvalue weighted by molar-refractivity contribution is 6.12. The lowest BCUT2D eigenvalue weighted by molar-refractivity contribution is -0.384. The molecule has 0 unspecified atom stereocenters. The number of carbonyl (C=O) groups is 4. The number of nitro groups is 1. The molecule has 0 aliphatic heterocycles. The van der Waals surface area contributed by atoms with E-state index in [0.717, 1.165) is 18.2 Å². The van der Waals surface area contributed by atoms with E-state index in [4.69, 9.17) is 9.47 Å². The summed E-state index contributed by atoms with van der Waals surface area (Å²) >= 11 is 0. The molecule has 0 fully saturated rings. The summed E-state index contributed by atoms with van der Waals surface area (Å²) in [7, 11) is 2.37. The molecule has 0 heterocycles. The van der Waals surface area contributed by atoms with Crippen molar-refractivity contribution in [1.29, 1.82) is 0 Å². The summed E-state index contributed by atoms with van der Waals surface area (Å²) in [6, 6.07) is 15.2. The van der Waals surface area contributed by atoms with Gasteiger partial charge in [0.1, 0.15) is 0 Å². The monoisotopic (exact) mass is 477 g/mol. The first-order valence-electron chi connectivity index (χ1n) is 10.0. The fraction of sp³-hybridized carbons (Fsp3) is 0.0833. The van der Waals surface area contributed by atoms with Crippen molar-refractivity contribution in [3.05, 3.63) is 99.1 Å². The first-order valence-corrected chi connectivity index (χ1v) is 10.0. The van der Waals surface area contributed by atoms with Crippen molar-refractivity contribution < 1.29 is 33.6 Å². The Hall–Kier alpha value is -5.06. The second-order valence-corrected chi connectivity index (χ2v) is 7.01. The van der Waals surface area contributed by atoms with Crippen molar-refractivity contribution in [2.24, 2.45) is 0 Å². The van der Waals surface area contributed by atoms with Crippen LogP contribution in [0.3, 0.4) is 0 Å². The summed E-state index contributed by atoms with van der Waals surface area (Å²) in [5, 5.41) is 16.5. The molecule has 0 aromatic heterocycles. The van der Waals surface area contributed by atoms with Crippen molar-refractivity contribution in [3.8, 4) is 0 Å². The fourth-order valence-electron chi connectivity index (χ4n) is 3.13. The molecule has 0 atom stereocenters. The number of nitrogens with zero attached hydrogens (tertiary/aromatic N) is 1. The van der Waals surface area contributed by atoms with Crippen LogP contribution in [0.25, 0.3) is 0 Å². The average molecular weight is 477 g/mol. The number of amides is 2. The van der Waals surface area contributed by atoms with Gasteiger partial charge < -0.3 is 20.1 Å². The van der Waals surface area contributed by atoms with Crippen LogP contribution in [0, 0.1) is 10.1 Å². The Morgan fingerprint density at radius 3 is 1.49 bits per heavy atom. The zero-order valence-corrected chi connectivity index (χ0v) is 18.6. The second-order valence-electron chi connectivity index (χ2n) is 7.01. The molecule has 0 aliphatic rings. The number of carbonyl (C=O) groups excluding carboxylic acids is 4. The van der Waals surface area contributed by atoms with Crippen molar-refractivity contribution in [1.82, 2.24) is 0 Å². The third-order valence-corrected chi connectivity index (χ3v) is 4.81. The summed E-state index contributed by atoms with van der Waals surface area (Å²) in [5.74, 6) is -2.98. The molecule has 178 valence electrons. The number of hydrogen-bond acceptors (Lipinski definition) is 8. The molecule has 3 aromatic rings. The van der Waals surface area contributed by atoms with Crippen LogP contribution >= 0.6 is 0 Å². The lowest BCUT2D eigenvalue weighted by Gasteiger charge is -2.12. The van der Waals surface area contributed by atoms with Gasteiger partial charge in [0.15, 0.2) is 0 Å². The zero-order chi connectivity index (χ0) is 25.5. The smallest absolute Gasteiger partial charge is 0.339 e. The summed E-state index contributed by atoms with van der Waals surface area (Å²) in [4.78, 5) is 60.4. The topological polar surface area (TPSA) is 154 Å². The Balaban J connectivity index is 1.95. The van der Waals surface area contributed by atoms with Gasteiger partial charge in [-0.2, -0.15) is 0 Å². The number of anilines is 2. The average Bonchev–Trinajstić information content (AvgIpc) is 2.88. The van der Waals surface area contributed by atoms with Gasteiger partial charge >= 0.3 is 11.9 Å². The Morgan fingerprint density at radius 2 is 1.11 bits per heavy atom. The number of methoxy groups -OCH3 is 2. The van der Waals surface area contributed by atoms with Gasteiger partial charge in [-0.3, -0.25) is 19.7 Å². The van der Waals surface area contributed by atoms with E-state index >= 15 is 0 Å². The number of non-ortho nitro benzene ring substituents is 1. The fourth-order valence-corrected chi connectivity index (χ4v) is 3.13. The van der Waals surface area contributed by atoms with Crippen molar-refractivity contribution in [3.63, 3.8) is 0 Å². The van der Waals surface area contributed by atoms with E-state index in [-0.39, 0.29) is 33.6 Å². The van der Waals surface area contributed by atoms with Crippen LogP contribution < -0.4 is 10.6 Å². The Bertz CT molecular complexity index is 1240. The molecular formula is C24H19N3O8. The standard InChI is InChI=1S/C24H19N3O8/c1-34-23(30)17-7-3-5-9-19(17)25-21(28)14-11-15(13-16(12-14)27(32)33)22(29)26-20-10-6-4-8-18(20)24(31)35-2/h3-13H,1-2H3,(H,25,28)(H,26,29). The minimum atomic E-state index is -0.797.